The topological polar surface area (TPSA) is 98.1 Å². The number of amides is 2. The molecular weight excluding hydrogens is 384 g/mol. The number of likely N-dealkylation sites (N-methyl/N-ethyl adjacent to an activating group) is 1. The molecule has 0 aliphatic carbocycles. The van der Waals surface area contributed by atoms with Gasteiger partial charge in [-0.2, -0.15) is 0 Å². The van der Waals surface area contributed by atoms with Gasteiger partial charge in [-0.05, 0) is 36.6 Å². The Labute approximate surface area is 167 Å². The van der Waals surface area contributed by atoms with Crippen LogP contribution in [-0.2, 0) is 20.9 Å². The Balaban J connectivity index is 1.82. The Kier molecular flexibility index (Phi) is 7.94. The quantitative estimate of drug-likeness (QED) is 0.502. The van der Waals surface area contributed by atoms with Crippen LogP contribution >= 0.6 is 11.8 Å². The normalized spacial score (nSPS) is 10.2. The molecule has 1 aromatic heterocycles. The van der Waals surface area contributed by atoms with Crippen LogP contribution in [0.15, 0.2) is 45.9 Å². The van der Waals surface area contributed by atoms with Crippen molar-refractivity contribution in [2.75, 3.05) is 33.6 Å². The van der Waals surface area contributed by atoms with E-state index in [2.05, 4.69) is 5.32 Å². The van der Waals surface area contributed by atoms with Crippen molar-refractivity contribution < 1.29 is 28.3 Å². The molecule has 0 aliphatic rings. The number of methoxy groups -OCH3 is 1. The molecule has 2 rings (SSSR count). The van der Waals surface area contributed by atoms with E-state index < -0.39 is 18.5 Å². The number of carbonyl (C=O) groups is 3. The Morgan fingerprint density at radius 1 is 1.25 bits per heavy atom. The van der Waals surface area contributed by atoms with Gasteiger partial charge < -0.3 is 24.1 Å². The fourth-order valence-electron chi connectivity index (χ4n) is 2.24. The predicted octanol–water partition coefficient (Wildman–Crippen LogP) is 1.94. The van der Waals surface area contributed by atoms with Crippen LogP contribution in [0.1, 0.15) is 16.1 Å². The zero-order valence-electron chi connectivity index (χ0n) is 15.9. The van der Waals surface area contributed by atoms with Gasteiger partial charge in [0.05, 0.1) is 26.5 Å². The number of benzene rings is 1. The number of thioether (sulfide) groups is 1. The fraction of sp³-hybridized carbons (Fsp3) is 0.316. The number of rotatable bonds is 9. The van der Waals surface area contributed by atoms with Crippen molar-refractivity contribution in [3.63, 3.8) is 0 Å². The van der Waals surface area contributed by atoms with Gasteiger partial charge in [-0.25, -0.2) is 4.79 Å². The van der Waals surface area contributed by atoms with Gasteiger partial charge in [0.2, 0.25) is 5.91 Å². The average molecular weight is 406 g/mol. The predicted molar refractivity (Wildman–Crippen MR) is 103 cm³/mol. The molecule has 0 bridgehead atoms. The van der Waals surface area contributed by atoms with Crippen LogP contribution in [0.2, 0.25) is 0 Å². The maximum atomic E-state index is 12.2. The van der Waals surface area contributed by atoms with Crippen molar-refractivity contribution in [1.82, 2.24) is 10.2 Å². The molecule has 2 aromatic rings. The van der Waals surface area contributed by atoms with E-state index in [0.29, 0.717) is 11.5 Å². The fourth-order valence-corrected chi connectivity index (χ4v) is 2.67. The molecule has 1 N–H and O–H groups in total. The van der Waals surface area contributed by atoms with E-state index in [-0.39, 0.29) is 24.6 Å². The summed E-state index contributed by atoms with van der Waals surface area (Å²) in [5.74, 6) is -0.546. The first-order valence-electron chi connectivity index (χ1n) is 8.36. The molecule has 0 spiro atoms. The lowest BCUT2D eigenvalue weighted by molar-refractivity contribution is -0.137. The minimum Gasteiger partial charge on any atom is -0.496 e. The van der Waals surface area contributed by atoms with Crippen molar-refractivity contribution in [2.45, 2.75) is 11.4 Å². The number of furan rings is 1. The van der Waals surface area contributed by atoms with Crippen LogP contribution in [0.4, 0.5) is 0 Å². The standard InChI is InChI=1S/C19H22N2O6S/c1-21(11-17(22)20-10-13-5-4-8-26-13)18(23)12-27-19(24)15-7-6-14(28-3)9-16(15)25-2/h4-9H,10-12H2,1-3H3,(H,20,22). The van der Waals surface area contributed by atoms with Gasteiger partial charge in [0.1, 0.15) is 17.1 Å². The third-order valence-electron chi connectivity index (χ3n) is 3.80. The SMILES string of the molecule is COc1cc(SC)ccc1C(=O)OCC(=O)N(C)CC(=O)NCc1ccco1. The van der Waals surface area contributed by atoms with E-state index in [0.717, 1.165) is 4.90 Å². The third kappa shape index (κ3) is 6.05. The first-order chi connectivity index (χ1) is 13.4. The van der Waals surface area contributed by atoms with Gasteiger partial charge in [0, 0.05) is 11.9 Å². The van der Waals surface area contributed by atoms with Crippen LogP contribution in [-0.4, -0.2) is 56.2 Å². The van der Waals surface area contributed by atoms with E-state index in [4.69, 9.17) is 13.9 Å². The molecule has 0 fully saturated rings. The van der Waals surface area contributed by atoms with Crippen LogP contribution in [0.3, 0.4) is 0 Å². The van der Waals surface area contributed by atoms with E-state index in [1.807, 2.05) is 6.26 Å². The second kappa shape index (κ2) is 10.4. The molecule has 0 saturated heterocycles. The minimum atomic E-state index is -0.673. The number of esters is 1. The molecule has 2 amide bonds. The van der Waals surface area contributed by atoms with Crippen LogP contribution in [0.5, 0.6) is 5.75 Å². The van der Waals surface area contributed by atoms with Crippen LogP contribution in [0.25, 0.3) is 0 Å². The molecule has 1 aromatic carbocycles. The van der Waals surface area contributed by atoms with Gasteiger partial charge in [-0.15, -0.1) is 11.8 Å². The second-order valence-corrected chi connectivity index (χ2v) is 6.63. The zero-order valence-corrected chi connectivity index (χ0v) is 16.7. The largest absolute Gasteiger partial charge is 0.496 e. The second-order valence-electron chi connectivity index (χ2n) is 5.75. The molecule has 9 heteroatoms. The van der Waals surface area contributed by atoms with Crippen molar-refractivity contribution in [1.29, 1.82) is 0 Å². The van der Waals surface area contributed by atoms with E-state index in [1.54, 1.807) is 30.3 Å². The molecule has 150 valence electrons. The highest BCUT2D eigenvalue weighted by molar-refractivity contribution is 7.98. The summed E-state index contributed by atoms with van der Waals surface area (Å²) in [5.41, 5.74) is 0.229. The molecule has 8 nitrogen and oxygen atoms in total. The molecule has 0 unspecified atom stereocenters. The Hall–Kier alpha value is -2.94. The van der Waals surface area contributed by atoms with Crippen molar-refractivity contribution in [3.05, 3.63) is 47.9 Å². The Morgan fingerprint density at radius 2 is 2.04 bits per heavy atom. The monoisotopic (exact) mass is 406 g/mol. The summed E-state index contributed by atoms with van der Waals surface area (Å²) in [5, 5.41) is 2.63. The first-order valence-corrected chi connectivity index (χ1v) is 9.59. The molecule has 0 saturated carbocycles. The Bertz CT molecular complexity index is 822. The molecule has 28 heavy (non-hydrogen) atoms. The van der Waals surface area contributed by atoms with E-state index in [1.165, 1.54) is 37.1 Å². The van der Waals surface area contributed by atoms with Gasteiger partial charge in [0.25, 0.3) is 5.91 Å². The zero-order chi connectivity index (χ0) is 20.5. The highest BCUT2D eigenvalue weighted by Gasteiger charge is 2.18. The molecule has 1 heterocycles. The minimum absolute atomic E-state index is 0.164. The van der Waals surface area contributed by atoms with Gasteiger partial charge in [-0.3, -0.25) is 9.59 Å². The molecule has 0 atom stereocenters. The smallest absolute Gasteiger partial charge is 0.342 e. The highest BCUT2D eigenvalue weighted by atomic mass is 32.2. The number of carbonyl (C=O) groups excluding carboxylic acids is 3. The molecule has 0 radical (unpaired) electrons. The average Bonchev–Trinajstić information content (AvgIpc) is 3.23. The van der Waals surface area contributed by atoms with Gasteiger partial charge in [-0.1, -0.05) is 0 Å². The van der Waals surface area contributed by atoms with Gasteiger partial charge >= 0.3 is 5.97 Å². The van der Waals surface area contributed by atoms with E-state index in [9.17, 15) is 14.4 Å². The lowest BCUT2D eigenvalue weighted by Crippen LogP contribution is -2.39. The lowest BCUT2D eigenvalue weighted by atomic mass is 10.2. The summed E-state index contributed by atoms with van der Waals surface area (Å²) in [6, 6.07) is 8.52. The summed E-state index contributed by atoms with van der Waals surface area (Å²) in [4.78, 5) is 38.4. The maximum Gasteiger partial charge on any atom is 0.342 e. The van der Waals surface area contributed by atoms with Crippen molar-refractivity contribution in [2.24, 2.45) is 0 Å². The van der Waals surface area contributed by atoms with Crippen LogP contribution < -0.4 is 10.1 Å². The maximum absolute atomic E-state index is 12.2. The summed E-state index contributed by atoms with van der Waals surface area (Å²) in [7, 11) is 2.91. The summed E-state index contributed by atoms with van der Waals surface area (Å²) in [6.45, 7) is -0.411. The van der Waals surface area contributed by atoms with Gasteiger partial charge in [0.15, 0.2) is 6.61 Å². The number of ether oxygens (including phenoxy) is 2. The van der Waals surface area contributed by atoms with Crippen LogP contribution in [0, 0.1) is 0 Å². The summed E-state index contributed by atoms with van der Waals surface area (Å²) < 4.78 is 15.4. The molecular formula is C19H22N2O6S. The van der Waals surface area contributed by atoms with E-state index >= 15 is 0 Å². The number of hydrogen-bond acceptors (Lipinski definition) is 7. The number of nitrogens with one attached hydrogen (secondary N) is 1. The summed E-state index contributed by atoms with van der Waals surface area (Å²) in [6.07, 6.45) is 3.42. The van der Waals surface area contributed by atoms with Crippen molar-refractivity contribution in [3.8, 4) is 5.75 Å². The first kappa shape index (κ1) is 21.4. The lowest BCUT2D eigenvalue weighted by Gasteiger charge is -2.17. The number of hydrogen-bond donors (Lipinski definition) is 1. The summed E-state index contributed by atoms with van der Waals surface area (Å²) >= 11 is 1.51. The third-order valence-corrected chi connectivity index (χ3v) is 4.53. The van der Waals surface area contributed by atoms with Crippen molar-refractivity contribution >= 4 is 29.5 Å². The molecule has 0 aliphatic heterocycles. The number of nitrogens with zero attached hydrogens (tertiary/aromatic N) is 1. The Morgan fingerprint density at radius 3 is 2.68 bits per heavy atom. The highest BCUT2D eigenvalue weighted by Crippen LogP contribution is 2.25.